The summed E-state index contributed by atoms with van der Waals surface area (Å²) in [5, 5.41) is -0.332. The van der Waals surface area contributed by atoms with Crippen molar-refractivity contribution < 1.29 is 17.9 Å². The van der Waals surface area contributed by atoms with Gasteiger partial charge in [-0.25, -0.2) is 8.42 Å². The van der Waals surface area contributed by atoms with Gasteiger partial charge in [0, 0.05) is 12.0 Å². The van der Waals surface area contributed by atoms with Crippen LogP contribution >= 0.6 is 11.8 Å². The van der Waals surface area contributed by atoms with Crippen molar-refractivity contribution in [2.45, 2.75) is 38.5 Å². The third-order valence-corrected chi connectivity index (χ3v) is 3.90. The first-order valence-corrected chi connectivity index (χ1v) is 8.14. The topological polar surface area (TPSA) is 60.4 Å². The molecule has 0 spiro atoms. The number of carbonyl (C=O) groups is 1. The average Bonchev–Trinajstić information content (AvgIpc) is 1.98. The SMILES string of the molecule is CC(SCCS(C)(=O)=O)C(=O)OC(C)(C)C. The van der Waals surface area contributed by atoms with E-state index in [1.807, 2.05) is 0 Å². The second-order valence-corrected chi connectivity index (χ2v) is 8.38. The molecule has 0 heterocycles. The van der Waals surface area contributed by atoms with Crippen molar-refractivity contribution in [1.82, 2.24) is 0 Å². The minimum Gasteiger partial charge on any atom is -0.459 e. The molecule has 4 nitrogen and oxygen atoms in total. The maximum absolute atomic E-state index is 11.5. The van der Waals surface area contributed by atoms with E-state index in [4.69, 9.17) is 4.74 Å². The monoisotopic (exact) mass is 268 g/mol. The molecule has 0 aliphatic heterocycles. The van der Waals surface area contributed by atoms with Crippen molar-refractivity contribution in [2.75, 3.05) is 17.8 Å². The molecule has 1 unspecified atom stereocenters. The number of thioether (sulfide) groups is 1. The molecule has 16 heavy (non-hydrogen) atoms. The molecule has 0 N–H and O–H groups in total. The molecule has 0 saturated heterocycles. The predicted molar refractivity (Wildman–Crippen MR) is 67.5 cm³/mol. The van der Waals surface area contributed by atoms with Gasteiger partial charge in [0.05, 0.1) is 11.0 Å². The smallest absolute Gasteiger partial charge is 0.319 e. The van der Waals surface area contributed by atoms with Gasteiger partial charge in [-0.2, -0.15) is 0 Å². The highest BCUT2D eigenvalue weighted by molar-refractivity contribution is 8.01. The summed E-state index contributed by atoms with van der Waals surface area (Å²) in [6, 6.07) is 0. The predicted octanol–water partition coefficient (Wildman–Crippen LogP) is 1.49. The maximum Gasteiger partial charge on any atom is 0.319 e. The first-order valence-electron chi connectivity index (χ1n) is 5.03. The number of hydrogen-bond donors (Lipinski definition) is 0. The van der Waals surface area contributed by atoms with E-state index in [1.165, 1.54) is 18.0 Å². The fourth-order valence-electron chi connectivity index (χ4n) is 0.829. The summed E-state index contributed by atoms with van der Waals surface area (Å²) in [7, 11) is -2.95. The van der Waals surface area contributed by atoms with Crippen LogP contribution in [0.25, 0.3) is 0 Å². The normalized spacial score (nSPS) is 14.6. The average molecular weight is 268 g/mol. The molecule has 0 rings (SSSR count). The van der Waals surface area contributed by atoms with E-state index >= 15 is 0 Å². The van der Waals surface area contributed by atoms with Crippen molar-refractivity contribution in [3.05, 3.63) is 0 Å². The van der Waals surface area contributed by atoms with Crippen molar-refractivity contribution in [3.8, 4) is 0 Å². The lowest BCUT2D eigenvalue weighted by Gasteiger charge is -2.21. The van der Waals surface area contributed by atoms with Gasteiger partial charge in [-0.15, -0.1) is 11.8 Å². The standard InChI is InChI=1S/C10H20O4S2/c1-8(9(11)14-10(2,3)4)15-6-7-16(5,12)13/h8H,6-7H2,1-5H3. The lowest BCUT2D eigenvalue weighted by molar-refractivity contribution is -0.153. The van der Waals surface area contributed by atoms with Crippen LogP contribution in [-0.4, -0.2) is 43.0 Å². The van der Waals surface area contributed by atoms with E-state index < -0.39 is 15.4 Å². The number of esters is 1. The van der Waals surface area contributed by atoms with Crippen LogP contribution in [0.5, 0.6) is 0 Å². The largest absolute Gasteiger partial charge is 0.459 e. The summed E-state index contributed by atoms with van der Waals surface area (Å²) < 4.78 is 26.9. The second kappa shape index (κ2) is 5.91. The molecule has 0 saturated carbocycles. The molecule has 0 aromatic heterocycles. The van der Waals surface area contributed by atoms with Gasteiger partial charge < -0.3 is 4.74 Å². The Hall–Kier alpha value is -0.230. The minimum absolute atomic E-state index is 0.0881. The Balaban J connectivity index is 3.99. The molecule has 0 bridgehead atoms. The summed E-state index contributed by atoms with van der Waals surface area (Å²) in [4.78, 5) is 11.5. The van der Waals surface area contributed by atoms with E-state index in [2.05, 4.69) is 0 Å². The van der Waals surface area contributed by atoms with E-state index in [9.17, 15) is 13.2 Å². The van der Waals surface area contributed by atoms with Gasteiger partial charge >= 0.3 is 5.97 Å². The van der Waals surface area contributed by atoms with Gasteiger partial charge in [0.15, 0.2) is 0 Å². The van der Waals surface area contributed by atoms with Gasteiger partial charge in [-0.3, -0.25) is 4.79 Å². The number of carbonyl (C=O) groups excluding carboxylic acids is 1. The van der Waals surface area contributed by atoms with Crippen LogP contribution in [0.3, 0.4) is 0 Å². The molecule has 0 aliphatic rings. The Bertz CT molecular complexity index is 327. The molecule has 0 fully saturated rings. The molecule has 0 aromatic carbocycles. The fraction of sp³-hybridized carbons (Fsp3) is 0.900. The highest BCUT2D eigenvalue weighted by atomic mass is 32.2. The van der Waals surface area contributed by atoms with Crippen LogP contribution in [0.15, 0.2) is 0 Å². The molecular weight excluding hydrogens is 248 g/mol. The zero-order chi connectivity index (χ0) is 13.0. The van der Waals surface area contributed by atoms with Crippen molar-refractivity contribution in [3.63, 3.8) is 0 Å². The lowest BCUT2D eigenvalue weighted by Crippen LogP contribution is -2.29. The summed E-state index contributed by atoms with van der Waals surface area (Å²) in [5.41, 5.74) is -0.497. The first-order chi connectivity index (χ1) is 7.01. The van der Waals surface area contributed by atoms with Crippen molar-refractivity contribution in [2.24, 2.45) is 0 Å². The highest BCUT2D eigenvalue weighted by Gasteiger charge is 2.22. The van der Waals surface area contributed by atoms with Crippen LogP contribution in [0.2, 0.25) is 0 Å². The molecular formula is C10H20O4S2. The number of hydrogen-bond acceptors (Lipinski definition) is 5. The quantitative estimate of drug-likeness (QED) is 0.707. The van der Waals surface area contributed by atoms with Crippen molar-refractivity contribution in [1.29, 1.82) is 0 Å². The zero-order valence-electron chi connectivity index (χ0n) is 10.4. The van der Waals surface area contributed by atoms with Gasteiger partial charge in [-0.1, -0.05) is 0 Å². The van der Waals surface area contributed by atoms with Crippen LogP contribution in [0, 0.1) is 0 Å². The Labute approximate surface area is 102 Å². The zero-order valence-corrected chi connectivity index (χ0v) is 12.1. The molecule has 0 aliphatic carbocycles. The first kappa shape index (κ1) is 15.8. The van der Waals surface area contributed by atoms with Crippen LogP contribution < -0.4 is 0 Å². The van der Waals surface area contributed by atoms with Crippen LogP contribution in [-0.2, 0) is 19.4 Å². The van der Waals surface area contributed by atoms with Crippen LogP contribution in [0.4, 0.5) is 0 Å². The fourth-order valence-corrected chi connectivity index (χ4v) is 2.96. The minimum atomic E-state index is -2.95. The Kier molecular flexibility index (Phi) is 5.82. The van der Waals surface area contributed by atoms with Gasteiger partial charge in [-0.05, 0) is 27.7 Å². The van der Waals surface area contributed by atoms with Gasteiger partial charge in [0.1, 0.15) is 15.4 Å². The summed E-state index contributed by atoms with van der Waals surface area (Å²) in [6.45, 7) is 7.14. The summed E-state index contributed by atoms with van der Waals surface area (Å²) in [6.07, 6.45) is 1.19. The summed E-state index contributed by atoms with van der Waals surface area (Å²) >= 11 is 1.30. The molecule has 0 radical (unpaired) electrons. The lowest BCUT2D eigenvalue weighted by atomic mass is 10.2. The number of sulfone groups is 1. The highest BCUT2D eigenvalue weighted by Crippen LogP contribution is 2.16. The third-order valence-electron chi connectivity index (χ3n) is 1.56. The Morgan fingerprint density at radius 2 is 1.88 bits per heavy atom. The Morgan fingerprint density at radius 1 is 1.38 bits per heavy atom. The van der Waals surface area contributed by atoms with Gasteiger partial charge in [0.25, 0.3) is 0 Å². The van der Waals surface area contributed by atoms with E-state index in [1.54, 1.807) is 27.7 Å². The number of ether oxygens (including phenoxy) is 1. The number of rotatable bonds is 5. The summed E-state index contributed by atoms with van der Waals surface area (Å²) in [5.74, 6) is 0.204. The van der Waals surface area contributed by atoms with Crippen LogP contribution in [0.1, 0.15) is 27.7 Å². The van der Waals surface area contributed by atoms with Crippen molar-refractivity contribution >= 4 is 27.6 Å². The molecule has 0 amide bonds. The van der Waals surface area contributed by atoms with Gasteiger partial charge in [0.2, 0.25) is 0 Å². The Morgan fingerprint density at radius 3 is 2.25 bits per heavy atom. The van der Waals surface area contributed by atoms with E-state index in [0.717, 1.165) is 0 Å². The molecule has 96 valence electrons. The molecule has 6 heteroatoms. The molecule has 0 aromatic rings. The third kappa shape index (κ3) is 9.03. The molecule has 1 atom stereocenters. The van der Waals surface area contributed by atoms with E-state index in [0.29, 0.717) is 5.75 Å². The van der Waals surface area contributed by atoms with E-state index in [-0.39, 0.29) is 17.0 Å². The second-order valence-electron chi connectivity index (χ2n) is 4.68. The maximum atomic E-state index is 11.5.